The second kappa shape index (κ2) is 8.28. The number of likely N-dealkylation sites (tertiary alicyclic amines) is 1. The van der Waals surface area contributed by atoms with E-state index in [0.29, 0.717) is 5.70 Å². The maximum Gasteiger partial charge on any atom is 0.192 e. The molecule has 1 saturated heterocycles. The Morgan fingerprint density at radius 3 is 2.67 bits per heavy atom. The lowest BCUT2D eigenvalue weighted by molar-refractivity contribution is 0.453. The topological polar surface area (TPSA) is 51.8 Å². The predicted molar refractivity (Wildman–Crippen MR) is 87.1 cm³/mol. The van der Waals surface area contributed by atoms with Crippen LogP contribution in [0.3, 0.4) is 0 Å². The van der Waals surface area contributed by atoms with Crippen molar-refractivity contribution < 1.29 is 0 Å². The fourth-order valence-electron chi connectivity index (χ4n) is 2.08. The molecule has 108 valence electrons. The normalized spacial score (nSPS) is 15.9. The fraction of sp³-hybridized carbons (Fsp3) is 0.312. The molecule has 1 aromatic rings. The molecule has 0 saturated carbocycles. The molecule has 0 atom stereocenters. The van der Waals surface area contributed by atoms with E-state index >= 15 is 0 Å². The Hall–Kier alpha value is -2.06. The summed E-state index contributed by atoms with van der Waals surface area (Å²) in [6.07, 6.45) is 4.16. The molecule has 0 N–H and O–H groups in total. The largest absolute Gasteiger partial charge is 0.364 e. The molecule has 0 spiro atoms. The van der Waals surface area contributed by atoms with Gasteiger partial charge in [0.15, 0.2) is 5.70 Å². The number of hydrogen-bond acceptors (Lipinski definition) is 5. The average molecular weight is 298 g/mol. The highest BCUT2D eigenvalue weighted by Crippen LogP contribution is 2.29. The van der Waals surface area contributed by atoms with Gasteiger partial charge in [-0.3, -0.25) is 0 Å². The quantitative estimate of drug-likeness (QED) is 0.442. The molecule has 1 fully saturated rings. The maximum atomic E-state index is 9.41. The maximum absolute atomic E-state index is 9.41. The Balaban J connectivity index is 2.24. The van der Waals surface area contributed by atoms with Gasteiger partial charge in [-0.05, 0) is 25.0 Å². The first-order valence-corrected chi connectivity index (χ1v) is 7.93. The van der Waals surface area contributed by atoms with Gasteiger partial charge in [0.1, 0.15) is 11.1 Å². The summed E-state index contributed by atoms with van der Waals surface area (Å²) >= 11 is 1.60. The summed E-state index contributed by atoms with van der Waals surface area (Å²) in [5.74, 6) is 0.762. The molecule has 1 aliphatic rings. The van der Waals surface area contributed by atoms with Crippen LogP contribution >= 0.6 is 11.8 Å². The zero-order valence-electron chi connectivity index (χ0n) is 11.9. The van der Waals surface area contributed by atoms with Gasteiger partial charge in [-0.1, -0.05) is 24.3 Å². The summed E-state index contributed by atoms with van der Waals surface area (Å²) in [5, 5.41) is 18.6. The van der Waals surface area contributed by atoms with Gasteiger partial charge in [-0.15, -0.1) is 28.6 Å². The molecule has 0 bridgehead atoms. The Morgan fingerprint density at radius 2 is 2.05 bits per heavy atom. The van der Waals surface area contributed by atoms with Crippen LogP contribution in [0, 0.1) is 11.3 Å². The Kier molecular flexibility index (Phi) is 6.04. The molecule has 1 aliphatic heterocycles. The summed E-state index contributed by atoms with van der Waals surface area (Å²) in [6.45, 7) is 5.69. The van der Waals surface area contributed by atoms with Gasteiger partial charge in [0, 0.05) is 18.8 Å². The molecule has 5 heteroatoms. The number of benzene rings is 1. The number of thioether (sulfide) groups is 1. The zero-order chi connectivity index (χ0) is 14.9. The van der Waals surface area contributed by atoms with Crippen molar-refractivity contribution in [3.05, 3.63) is 53.7 Å². The summed E-state index contributed by atoms with van der Waals surface area (Å²) in [6, 6.07) is 11.6. The Bertz CT molecular complexity index is 566. The standard InChI is InChI=1S/C16H18N4S/c1-2-12-21-16(20-10-6-7-11-20)15(13-17)19-18-14-8-4-3-5-9-14/h2-5,8-9H,1,6-7,10-12H2/b16-15+,19-18?. The molecule has 21 heavy (non-hydrogen) atoms. The monoisotopic (exact) mass is 298 g/mol. The van der Waals surface area contributed by atoms with Crippen LogP contribution in [0.25, 0.3) is 0 Å². The molecular formula is C16H18N4S. The van der Waals surface area contributed by atoms with Crippen molar-refractivity contribution in [2.45, 2.75) is 12.8 Å². The third kappa shape index (κ3) is 4.47. The number of nitriles is 1. The summed E-state index contributed by atoms with van der Waals surface area (Å²) in [4.78, 5) is 2.22. The lowest BCUT2D eigenvalue weighted by Crippen LogP contribution is -2.18. The highest BCUT2D eigenvalue weighted by molar-refractivity contribution is 8.03. The van der Waals surface area contributed by atoms with Crippen LogP contribution in [0.1, 0.15) is 12.8 Å². The molecule has 2 rings (SSSR count). The first-order valence-electron chi connectivity index (χ1n) is 6.95. The van der Waals surface area contributed by atoms with Gasteiger partial charge in [0.05, 0.1) is 5.69 Å². The first-order chi connectivity index (χ1) is 10.3. The summed E-state index contributed by atoms with van der Waals surface area (Å²) in [7, 11) is 0. The highest BCUT2D eigenvalue weighted by Gasteiger charge is 2.19. The molecule has 0 aliphatic carbocycles. The van der Waals surface area contributed by atoms with Crippen LogP contribution in [0.5, 0.6) is 0 Å². The van der Waals surface area contributed by atoms with Crippen LogP contribution in [0.15, 0.2) is 63.9 Å². The van der Waals surface area contributed by atoms with E-state index in [-0.39, 0.29) is 0 Å². The van der Waals surface area contributed by atoms with Crippen molar-refractivity contribution >= 4 is 17.4 Å². The van der Waals surface area contributed by atoms with Gasteiger partial charge in [0.2, 0.25) is 0 Å². The third-order valence-electron chi connectivity index (χ3n) is 3.06. The van der Waals surface area contributed by atoms with Crippen LogP contribution in [0.4, 0.5) is 5.69 Å². The minimum atomic E-state index is 0.382. The minimum absolute atomic E-state index is 0.382. The average Bonchev–Trinajstić information content (AvgIpc) is 3.05. The molecular weight excluding hydrogens is 280 g/mol. The van der Waals surface area contributed by atoms with Crippen molar-refractivity contribution in [2.75, 3.05) is 18.8 Å². The lowest BCUT2D eigenvalue weighted by Gasteiger charge is -2.20. The van der Waals surface area contributed by atoms with Crippen LogP contribution in [-0.4, -0.2) is 23.7 Å². The molecule has 0 aromatic heterocycles. The van der Waals surface area contributed by atoms with Crippen LogP contribution in [0.2, 0.25) is 0 Å². The van der Waals surface area contributed by atoms with E-state index in [2.05, 4.69) is 27.8 Å². The van der Waals surface area contributed by atoms with E-state index in [1.165, 1.54) is 0 Å². The number of hydrogen-bond donors (Lipinski definition) is 0. The van der Waals surface area contributed by atoms with E-state index < -0.39 is 0 Å². The van der Waals surface area contributed by atoms with E-state index in [9.17, 15) is 5.26 Å². The van der Waals surface area contributed by atoms with Crippen LogP contribution in [-0.2, 0) is 0 Å². The summed E-state index contributed by atoms with van der Waals surface area (Å²) in [5.41, 5.74) is 1.13. The number of allylic oxidation sites excluding steroid dienone is 1. The lowest BCUT2D eigenvalue weighted by atomic mass is 10.3. The minimum Gasteiger partial charge on any atom is -0.364 e. The molecule has 4 nitrogen and oxygen atoms in total. The molecule has 1 heterocycles. The van der Waals surface area contributed by atoms with Gasteiger partial charge in [0.25, 0.3) is 0 Å². The fourth-order valence-corrected chi connectivity index (χ4v) is 2.95. The highest BCUT2D eigenvalue weighted by atomic mass is 32.2. The first kappa shape index (κ1) is 15.3. The SMILES string of the molecule is C=CCS/C(=C(\C#N)N=Nc1ccccc1)N1CCCC1. The van der Waals surface area contributed by atoms with Crippen LogP contribution < -0.4 is 0 Å². The Labute approximate surface area is 129 Å². The van der Waals surface area contributed by atoms with Crippen molar-refractivity contribution in [1.82, 2.24) is 4.90 Å². The second-order valence-corrected chi connectivity index (χ2v) is 5.60. The molecule has 0 unspecified atom stereocenters. The van der Waals surface area contributed by atoms with Crippen molar-refractivity contribution in [2.24, 2.45) is 10.2 Å². The number of nitrogens with zero attached hydrogens (tertiary/aromatic N) is 4. The van der Waals surface area contributed by atoms with E-state index in [4.69, 9.17) is 0 Å². The van der Waals surface area contributed by atoms with Gasteiger partial charge >= 0.3 is 0 Å². The van der Waals surface area contributed by atoms with Crippen molar-refractivity contribution in [3.8, 4) is 6.07 Å². The third-order valence-corrected chi connectivity index (χ3v) is 4.19. The van der Waals surface area contributed by atoms with Gasteiger partial charge < -0.3 is 4.90 Å². The summed E-state index contributed by atoms with van der Waals surface area (Å²) < 4.78 is 0. The van der Waals surface area contributed by atoms with Gasteiger partial charge in [-0.25, -0.2) is 0 Å². The molecule has 0 amide bonds. The van der Waals surface area contributed by atoms with E-state index in [1.54, 1.807) is 11.8 Å². The number of rotatable bonds is 6. The van der Waals surface area contributed by atoms with Crippen molar-refractivity contribution in [1.29, 1.82) is 5.26 Å². The smallest absolute Gasteiger partial charge is 0.192 e. The van der Waals surface area contributed by atoms with E-state index in [0.717, 1.165) is 42.4 Å². The van der Waals surface area contributed by atoms with Gasteiger partial charge in [-0.2, -0.15) is 5.26 Å². The Morgan fingerprint density at radius 1 is 1.33 bits per heavy atom. The molecule has 0 radical (unpaired) electrons. The number of azo groups is 1. The van der Waals surface area contributed by atoms with E-state index in [1.807, 2.05) is 36.4 Å². The predicted octanol–water partition coefficient (Wildman–Crippen LogP) is 4.48. The molecule has 1 aromatic carbocycles. The second-order valence-electron chi connectivity index (χ2n) is 4.59. The zero-order valence-corrected chi connectivity index (χ0v) is 12.7. The van der Waals surface area contributed by atoms with Crippen molar-refractivity contribution in [3.63, 3.8) is 0 Å².